The third-order valence-corrected chi connectivity index (χ3v) is 3.58. The smallest absolute Gasteiger partial charge is 0.0693 e. The van der Waals surface area contributed by atoms with Gasteiger partial charge in [0, 0.05) is 5.92 Å². The van der Waals surface area contributed by atoms with E-state index in [1.165, 1.54) is 0 Å². The van der Waals surface area contributed by atoms with Gasteiger partial charge in [-0.25, -0.2) is 0 Å². The molecule has 2 atom stereocenters. The van der Waals surface area contributed by atoms with Crippen LogP contribution in [0.25, 0.3) is 0 Å². The maximum atomic E-state index is 8.91. The van der Waals surface area contributed by atoms with Gasteiger partial charge in [0.1, 0.15) is 0 Å². The van der Waals surface area contributed by atoms with Gasteiger partial charge in [0.05, 0.1) is 21.5 Å². The van der Waals surface area contributed by atoms with E-state index in [9.17, 15) is 0 Å². The van der Waals surface area contributed by atoms with Crippen molar-refractivity contribution in [1.29, 1.82) is 5.26 Å². The van der Waals surface area contributed by atoms with Crippen LogP contribution in [0.4, 0.5) is 0 Å². The summed E-state index contributed by atoms with van der Waals surface area (Å²) < 4.78 is 0. The molecule has 2 unspecified atom stereocenters. The molecule has 0 spiro atoms. The highest BCUT2D eigenvalue weighted by atomic mass is 35.5. The molecule has 14 heavy (non-hydrogen) atoms. The van der Waals surface area contributed by atoms with Crippen LogP contribution in [0.5, 0.6) is 0 Å². The fourth-order valence-electron chi connectivity index (χ4n) is 1.70. The highest BCUT2D eigenvalue weighted by Gasteiger charge is 2.51. The van der Waals surface area contributed by atoms with Gasteiger partial charge in [-0.2, -0.15) is 5.26 Å². The molecule has 0 N–H and O–H groups in total. The van der Waals surface area contributed by atoms with E-state index in [-0.39, 0.29) is 5.41 Å². The number of nitrogens with zero attached hydrogens (tertiary/aromatic N) is 1. The van der Waals surface area contributed by atoms with Crippen LogP contribution in [0.1, 0.15) is 24.8 Å². The second-order valence-electron chi connectivity index (χ2n) is 3.96. The zero-order valence-electron chi connectivity index (χ0n) is 7.72. The molecule has 0 amide bonds. The molecular formula is C11H9Cl2N. The summed E-state index contributed by atoms with van der Waals surface area (Å²) in [7, 11) is 0. The minimum absolute atomic E-state index is 0.197. The zero-order valence-corrected chi connectivity index (χ0v) is 9.23. The Labute approximate surface area is 93.2 Å². The van der Waals surface area contributed by atoms with E-state index in [1.54, 1.807) is 6.07 Å². The van der Waals surface area contributed by atoms with Crippen molar-refractivity contribution in [3.63, 3.8) is 0 Å². The first-order valence-electron chi connectivity index (χ1n) is 4.43. The predicted molar refractivity (Wildman–Crippen MR) is 57.5 cm³/mol. The van der Waals surface area contributed by atoms with Gasteiger partial charge in [0.15, 0.2) is 0 Å². The minimum Gasteiger partial charge on any atom is -0.198 e. The standard InChI is InChI=1S/C11H9Cl2N/c1-11(6-14)5-8(11)7-2-3-9(12)10(13)4-7/h2-4,8H,5H2,1H3. The molecule has 3 heteroatoms. The van der Waals surface area contributed by atoms with Crippen molar-refractivity contribution in [2.75, 3.05) is 0 Å². The summed E-state index contributed by atoms with van der Waals surface area (Å²) in [4.78, 5) is 0. The molecule has 1 aliphatic rings. The van der Waals surface area contributed by atoms with E-state index >= 15 is 0 Å². The molecule has 1 nitrogen and oxygen atoms in total. The van der Waals surface area contributed by atoms with E-state index in [0.29, 0.717) is 16.0 Å². The van der Waals surface area contributed by atoms with Gasteiger partial charge < -0.3 is 0 Å². The molecule has 0 aliphatic heterocycles. The van der Waals surface area contributed by atoms with Crippen LogP contribution in [0, 0.1) is 16.7 Å². The molecule has 1 aromatic rings. The van der Waals surface area contributed by atoms with Crippen molar-refractivity contribution in [3.8, 4) is 6.07 Å². The second-order valence-corrected chi connectivity index (χ2v) is 4.77. The lowest BCUT2D eigenvalue weighted by Gasteiger charge is -2.03. The first kappa shape index (κ1) is 9.83. The number of hydrogen-bond acceptors (Lipinski definition) is 1. The first-order valence-corrected chi connectivity index (χ1v) is 5.18. The number of hydrogen-bond donors (Lipinski definition) is 0. The maximum Gasteiger partial charge on any atom is 0.0693 e. The highest BCUT2D eigenvalue weighted by Crippen LogP contribution is 2.58. The van der Waals surface area contributed by atoms with E-state index in [0.717, 1.165) is 12.0 Å². The van der Waals surface area contributed by atoms with Gasteiger partial charge >= 0.3 is 0 Å². The first-order chi connectivity index (χ1) is 6.57. The summed E-state index contributed by atoms with van der Waals surface area (Å²) in [6, 6.07) is 7.91. The molecule has 0 heterocycles. The van der Waals surface area contributed by atoms with Crippen LogP contribution in [-0.4, -0.2) is 0 Å². The molecule has 0 radical (unpaired) electrons. The largest absolute Gasteiger partial charge is 0.198 e. The Morgan fingerprint density at radius 2 is 2.14 bits per heavy atom. The molecule has 0 bridgehead atoms. The fourth-order valence-corrected chi connectivity index (χ4v) is 2.01. The van der Waals surface area contributed by atoms with Gasteiger partial charge in [-0.3, -0.25) is 0 Å². The Bertz CT molecular complexity index is 422. The van der Waals surface area contributed by atoms with Crippen LogP contribution in [0.2, 0.25) is 10.0 Å². The molecule has 2 rings (SSSR count). The molecular weight excluding hydrogens is 217 g/mol. The quantitative estimate of drug-likeness (QED) is 0.709. The van der Waals surface area contributed by atoms with Gasteiger partial charge in [-0.15, -0.1) is 0 Å². The van der Waals surface area contributed by atoms with E-state index in [4.69, 9.17) is 28.5 Å². The molecule has 0 saturated heterocycles. The average Bonchev–Trinajstić information content (AvgIpc) is 2.84. The fraction of sp³-hybridized carbons (Fsp3) is 0.364. The van der Waals surface area contributed by atoms with E-state index in [2.05, 4.69) is 6.07 Å². The summed E-state index contributed by atoms with van der Waals surface area (Å²) in [5.41, 5.74) is 0.917. The maximum absolute atomic E-state index is 8.91. The Kier molecular flexibility index (Phi) is 2.21. The predicted octanol–water partition coefficient (Wildman–Crippen LogP) is 4.01. The van der Waals surface area contributed by atoms with Gasteiger partial charge in [-0.05, 0) is 31.0 Å². The van der Waals surface area contributed by atoms with Crippen molar-refractivity contribution in [2.45, 2.75) is 19.3 Å². The second kappa shape index (κ2) is 3.15. The van der Waals surface area contributed by atoms with Crippen molar-refractivity contribution in [2.24, 2.45) is 5.41 Å². The summed E-state index contributed by atoms with van der Waals surface area (Å²) >= 11 is 11.7. The van der Waals surface area contributed by atoms with E-state index in [1.807, 2.05) is 19.1 Å². The van der Waals surface area contributed by atoms with Crippen LogP contribution in [0.3, 0.4) is 0 Å². The molecule has 1 aromatic carbocycles. The monoisotopic (exact) mass is 225 g/mol. The molecule has 1 saturated carbocycles. The lowest BCUT2D eigenvalue weighted by molar-refractivity contribution is 0.727. The van der Waals surface area contributed by atoms with Crippen LogP contribution in [-0.2, 0) is 0 Å². The van der Waals surface area contributed by atoms with Gasteiger partial charge in [-0.1, -0.05) is 29.3 Å². The van der Waals surface area contributed by atoms with Crippen molar-refractivity contribution < 1.29 is 0 Å². The third-order valence-electron chi connectivity index (χ3n) is 2.84. The van der Waals surface area contributed by atoms with Crippen LogP contribution < -0.4 is 0 Å². The number of rotatable bonds is 1. The summed E-state index contributed by atoms with van der Waals surface area (Å²) in [6.45, 7) is 1.97. The lowest BCUT2D eigenvalue weighted by atomic mass is 10.0. The SMILES string of the molecule is CC1(C#N)CC1c1ccc(Cl)c(Cl)c1. The molecule has 0 aromatic heterocycles. The van der Waals surface area contributed by atoms with Crippen molar-refractivity contribution in [1.82, 2.24) is 0 Å². The lowest BCUT2D eigenvalue weighted by Crippen LogP contribution is -1.92. The number of benzene rings is 1. The summed E-state index contributed by atoms with van der Waals surface area (Å²) in [5, 5.41) is 10.0. The Morgan fingerprint density at radius 1 is 1.43 bits per heavy atom. The average molecular weight is 226 g/mol. The van der Waals surface area contributed by atoms with Gasteiger partial charge in [0.25, 0.3) is 0 Å². The molecule has 1 aliphatic carbocycles. The number of nitriles is 1. The van der Waals surface area contributed by atoms with Crippen LogP contribution >= 0.6 is 23.2 Å². The Hall–Kier alpha value is -0.710. The van der Waals surface area contributed by atoms with Crippen LogP contribution in [0.15, 0.2) is 18.2 Å². The topological polar surface area (TPSA) is 23.8 Å². The minimum atomic E-state index is -0.197. The Morgan fingerprint density at radius 3 is 2.64 bits per heavy atom. The Balaban J connectivity index is 2.29. The molecule has 1 fully saturated rings. The zero-order chi connectivity index (χ0) is 10.3. The highest BCUT2D eigenvalue weighted by molar-refractivity contribution is 6.42. The summed E-state index contributed by atoms with van der Waals surface area (Å²) in [5.74, 6) is 0.322. The third kappa shape index (κ3) is 1.49. The van der Waals surface area contributed by atoms with Crippen molar-refractivity contribution in [3.05, 3.63) is 33.8 Å². The summed E-state index contributed by atoms with van der Waals surface area (Å²) in [6.07, 6.45) is 0.918. The normalized spacial score (nSPS) is 29.7. The van der Waals surface area contributed by atoms with Crippen molar-refractivity contribution >= 4 is 23.2 Å². The molecule has 72 valence electrons. The van der Waals surface area contributed by atoms with E-state index < -0.39 is 0 Å². The number of halogens is 2. The van der Waals surface area contributed by atoms with Gasteiger partial charge in [0.2, 0.25) is 0 Å².